The van der Waals surface area contributed by atoms with E-state index in [0.717, 1.165) is 54.8 Å². The van der Waals surface area contributed by atoms with Gasteiger partial charge in [-0.15, -0.1) is 0 Å². The Morgan fingerprint density at radius 3 is 2.29 bits per heavy atom. The summed E-state index contributed by atoms with van der Waals surface area (Å²) in [6.45, 7) is 4.73. The van der Waals surface area contributed by atoms with E-state index in [1.54, 1.807) is 38.5 Å². The van der Waals surface area contributed by atoms with Gasteiger partial charge >= 0.3 is 5.97 Å². The number of fused-ring (bicyclic) bond motifs is 1. The van der Waals surface area contributed by atoms with Crippen LogP contribution in [-0.4, -0.2) is 81.0 Å². The van der Waals surface area contributed by atoms with Gasteiger partial charge in [-0.05, 0) is 85.1 Å². The van der Waals surface area contributed by atoms with Gasteiger partial charge in [0.1, 0.15) is 17.6 Å². The number of likely N-dealkylation sites (N-methyl/N-ethyl adjacent to an activating group) is 1. The quantitative estimate of drug-likeness (QED) is 0.467. The number of rotatable bonds is 7. The Balaban J connectivity index is 1.37. The van der Waals surface area contributed by atoms with Crippen molar-refractivity contribution in [3.8, 4) is 11.5 Å². The third-order valence-corrected chi connectivity index (χ3v) is 8.29. The Morgan fingerprint density at radius 2 is 1.58 bits per heavy atom. The van der Waals surface area contributed by atoms with Gasteiger partial charge in [0.05, 0.1) is 25.4 Å². The van der Waals surface area contributed by atoms with Crippen molar-refractivity contribution >= 4 is 16.7 Å². The fourth-order valence-electron chi connectivity index (χ4n) is 5.84. The molecular weight excluding hydrogens is 480 g/mol. The van der Waals surface area contributed by atoms with Crippen LogP contribution >= 0.6 is 0 Å². The van der Waals surface area contributed by atoms with Crippen LogP contribution in [-0.2, 0) is 10.3 Å². The average molecular weight is 519 g/mol. The molecule has 1 aliphatic carbocycles. The molecule has 2 aliphatic rings. The minimum Gasteiger partial charge on any atom is -0.497 e. The highest BCUT2D eigenvalue weighted by atomic mass is 16.5. The van der Waals surface area contributed by atoms with Crippen molar-refractivity contribution < 1.29 is 24.1 Å². The summed E-state index contributed by atoms with van der Waals surface area (Å²) in [6.07, 6.45) is 1.52. The molecule has 3 unspecified atom stereocenters. The Bertz CT molecular complexity index is 1250. The summed E-state index contributed by atoms with van der Waals surface area (Å²) in [5, 5.41) is 14.4. The largest absolute Gasteiger partial charge is 0.497 e. The predicted octanol–water partition coefficient (Wildman–Crippen LogP) is 4.32. The van der Waals surface area contributed by atoms with E-state index in [1.165, 1.54) is 0 Å². The number of carbonyl (C=O) groups excluding carboxylic acids is 1. The number of hydrogen-bond donors (Lipinski definition) is 1. The van der Waals surface area contributed by atoms with Crippen LogP contribution in [0.1, 0.15) is 35.2 Å². The molecule has 1 saturated heterocycles. The van der Waals surface area contributed by atoms with E-state index in [-0.39, 0.29) is 18.0 Å². The van der Waals surface area contributed by atoms with Crippen molar-refractivity contribution in [2.45, 2.75) is 31.0 Å². The maximum absolute atomic E-state index is 12.9. The molecule has 0 radical (unpaired) electrons. The highest BCUT2D eigenvalue weighted by molar-refractivity contribution is 5.89. The molecule has 0 aromatic heterocycles. The molecule has 0 spiro atoms. The number of piperazine rings is 1. The van der Waals surface area contributed by atoms with Crippen molar-refractivity contribution in [1.82, 2.24) is 9.80 Å². The molecule has 7 heteroatoms. The number of methoxy groups -OCH3 is 2. The van der Waals surface area contributed by atoms with Crippen LogP contribution in [0.2, 0.25) is 0 Å². The zero-order valence-electron chi connectivity index (χ0n) is 22.6. The number of benzene rings is 3. The van der Waals surface area contributed by atoms with Gasteiger partial charge in [0.2, 0.25) is 0 Å². The smallest absolute Gasteiger partial charge is 0.338 e. The van der Waals surface area contributed by atoms with Crippen LogP contribution in [0.15, 0.2) is 60.7 Å². The molecule has 38 heavy (non-hydrogen) atoms. The minimum atomic E-state index is -1.000. The Hall–Kier alpha value is -3.13. The molecule has 1 aliphatic heterocycles. The van der Waals surface area contributed by atoms with Crippen LogP contribution in [0.4, 0.5) is 0 Å². The Morgan fingerprint density at radius 1 is 0.921 bits per heavy atom. The number of aliphatic hydroxyl groups is 1. The second kappa shape index (κ2) is 11.3. The molecule has 2 fully saturated rings. The summed E-state index contributed by atoms with van der Waals surface area (Å²) in [4.78, 5) is 17.7. The lowest BCUT2D eigenvalue weighted by Crippen LogP contribution is -2.52. The first-order valence-electron chi connectivity index (χ1n) is 13.4. The summed E-state index contributed by atoms with van der Waals surface area (Å²) in [7, 11) is 5.41. The van der Waals surface area contributed by atoms with E-state index in [9.17, 15) is 9.90 Å². The monoisotopic (exact) mass is 518 g/mol. The lowest BCUT2D eigenvalue weighted by atomic mass is 9.70. The number of carbonyl (C=O) groups is 1. The maximum Gasteiger partial charge on any atom is 0.338 e. The van der Waals surface area contributed by atoms with Gasteiger partial charge in [0.25, 0.3) is 0 Å². The highest BCUT2D eigenvalue weighted by Crippen LogP contribution is 2.44. The fourth-order valence-corrected chi connectivity index (χ4v) is 5.84. The number of esters is 1. The SMILES string of the molecule is COc1ccc(C(=O)OC2CCC(O)(c3ccc4cc(OC)ccc4c3)C(CN3CCN(C)CC3)C2)cc1. The molecule has 3 aromatic carbocycles. The topological polar surface area (TPSA) is 71.5 Å². The highest BCUT2D eigenvalue weighted by Gasteiger charge is 2.45. The Kier molecular flexibility index (Phi) is 7.88. The zero-order valence-corrected chi connectivity index (χ0v) is 22.6. The second-order valence-electron chi connectivity index (χ2n) is 10.7. The standard InChI is InChI=1S/C31H38N2O5/c1-32-14-16-33(17-15-32)21-26-20-29(38-30(34)22-5-9-27(36-2)10-6-22)12-13-31(26,35)25-8-4-24-19-28(37-3)11-7-23(24)18-25/h4-11,18-19,26,29,35H,12-17,20-21H2,1-3H3. The number of hydrogen-bond acceptors (Lipinski definition) is 7. The third kappa shape index (κ3) is 5.65. The van der Waals surface area contributed by atoms with E-state index in [2.05, 4.69) is 29.0 Å². The summed E-state index contributed by atoms with van der Waals surface area (Å²) < 4.78 is 16.6. The normalized spacial score (nSPS) is 24.7. The molecular formula is C31H38N2O5. The van der Waals surface area contributed by atoms with Gasteiger partial charge in [0, 0.05) is 38.6 Å². The lowest BCUT2D eigenvalue weighted by molar-refractivity contribution is -0.100. The predicted molar refractivity (Wildman–Crippen MR) is 148 cm³/mol. The van der Waals surface area contributed by atoms with Gasteiger partial charge < -0.3 is 29.1 Å². The van der Waals surface area contributed by atoms with E-state index in [0.29, 0.717) is 30.6 Å². The molecule has 0 bridgehead atoms. The molecule has 202 valence electrons. The first kappa shape index (κ1) is 26.5. The summed E-state index contributed by atoms with van der Waals surface area (Å²) in [6, 6.07) is 19.2. The first-order valence-corrected chi connectivity index (χ1v) is 13.4. The third-order valence-electron chi connectivity index (χ3n) is 8.29. The summed E-state index contributed by atoms with van der Waals surface area (Å²) in [5.41, 5.74) is 0.432. The van der Waals surface area contributed by atoms with Gasteiger partial charge in [-0.1, -0.05) is 18.2 Å². The minimum absolute atomic E-state index is 0.0657. The molecule has 1 heterocycles. The van der Waals surface area contributed by atoms with Gasteiger partial charge in [0.15, 0.2) is 0 Å². The van der Waals surface area contributed by atoms with E-state index < -0.39 is 5.60 Å². The molecule has 7 nitrogen and oxygen atoms in total. The van der Waals surface area contributed by atoms with E-state index in [4.69, 9.17) is 14.2 Å². The van der Waals surface area contributed by atoms with E-state index in [1.807, 2.05) is 24.3 Å². The molecule has 1 N–H and O–H groups in total. The zero-order chi connectivity index (χ0) is 26.7. The van der Waals surface area contributed by atoms with Crippen molar-refractivity contribution in [1.29, 1.82) is 0 Å². The summed E-state index contributed by atoms with van der Waals surface area (Å²) >= 11 is 0. The van der Waals surface area contributed by atoms with Crippen molar-refractivity contribution in [3.05, 3.63) is 71.8 Å². The molecule has 0 amide bonds. The first-order chi connectivity index (χ1) is 18.4. The maximum atomic E-state index is 12.9. The number of nitrogens with zero attached hydrogens (tertiary/aromatic N) is 2. The second-order valence-corrected chi connectivity index (χ2v) is 10.7. The van der Waals surface area contributed by atoms with Gasteiger partial charge in [-0.3, -0.25) is 0 Å². The van der Waals surface area contributed by atoms with Crippen LogP contribution in [0.3, 0.4) is 0 Å². The Labute approximate surface area is 224 Å². The number of ether oxygens (including phenoxy) is 3. The van der Waals surface area contributed by atoms with Crippen LogP contribution < -0.4 is 9.47 Å². The van der Waals surface area contributed by atoms with Gasteiger partial charge in [-0.25, -0.2) is 4.79 Å². The van der Waals surface area contributed by atoms with Crippen molar-refractivity contribution in [3.63, 3.8) is 0 Å². The molecule has 5 rings (SSSR count). The van der Waals surface area contributed by atoms with Crippen LogP contribution in [0, 0.1) is 5.92 Å². The fraction of sp³-hybridized carbons (Fsp3) is 0.452. The summed E-state index contributed by atoms with van der Waals surface area (Å²) in [5.74, 6) is 1.12. The van der Waals surface area contributed by atoms with E-state index >= 15 is 0 Å². The van der Waals surface area contributed by atoms with Crippen molar-refractivity contribution in [2.24, 2.45) is 5.92 Å². The van der Waals surface area contributed by atoms with Crippen LogP contribution in [0.5, 0.6) is 11.5 Å². The van der Waals surface area contributed by atoms with Crippen LogP contribution in [0.25, 0.3) is 10.8 Å². The average Bonchev–Trinajstić information content (AvgIpc) is 2.95. The molecule has 3 aromatic rings. The molecule has 3 atom stereocenters. The van der Waals surface area contributed by atoms with Gasteiger partial charge in [-0.2, -0.15) is 0 Å². The molecule has 1 saturated carbocycles. The van der Waals surface area contributed by atoms with Crippen molar-refractivity contribution in [2.75, 3.05) is 54.0 Å². The lowest BCUT2D eigenvalue weighted by Gasteiger charge is -2.46.